The highest BCUT2D eigenvalue weighted by molar-refractivity contribution is 5.26. The zero-order valence-electron chi connectivity index (χ0n) is 11.4. The molecular formula is C13H21FN2O2. The number of hydrogen-bond acceptors (Lipinski definition) is 4. The van der Waals surface area contributed by atoms with Crippen LogP contribution in [-0.4, -0.2) is 30.8 Å². The van der Waals surface area contributed by atoms with Crippen molar-refractivity contribution in [3.05, 3.63) is 23.6 Å². The summed E-state index contributed by atoms with van der Waals surface area (Å²) in [4.78, 5) is 3.99. The molecule has 0 radical (unpaired) electrons. The Hall–Kier alpha value is -1.20. The van der Waals surface area contributed by atoms with Crippen molar-refractivity contribution in [2.24, 2.45) is 0 Å². The SMILES string of the molecule is COCC(C)Oc1ncc(F)cc1CNC(C)C. The summed E-state index contributed by atoms with van der Waals surface area (Å²) in [5.41, 5.74) is 0.714. The number of ether oxygens (including phenoxy) is 2. The maximum Gasteiger partial charge on any atom is 0.218 e. The van der Waals surface area contributed by atoms with E-state index in [9.17, 15) is 4.39 Å². The van der Waals surface area contributed by atoms with Gasteiger partial charge >= 0.3 is 0 Å². The first-order valence-corrected chi connectivity index (χ1v) is 6.06. The van der Waals surface area contributed by atoms with Gasteiger partial charge in [-0.15, -0.1) is 0 Å². The van der Waals surface area contributed by atoms with Gasteiger partial charge in [0.15, 0.2) is 0 Å². The van der Waals surface area contributed by atoms with Crippen LogP contribution < -0.4 is 10.1 Å². The van der Waals surface area contributed by atoms with E-state index in [1.165, 1.54) is 6.07 Å². The Morgan fingerprint density at radius 1 is 1.39 bits per heavy atom. The molecule has 0 aromatic carbocycles. The summed E-state index contributed by atoms with van der Waals surface area (Å²) in [6.45, 7) is 6.93. The second-order valence-electron chi connectivity index (χ2n) is 4.54. The number of nitrogens with zero attached hydrogens (tertiary/aromatic N) is 1. The van der Waals surface area contributed by atoms with Crippen molar-refractivity contribution in [2.75, 3.05) is 13.7 Å². The first-order valence-electron chi connectivity index (χ1n) is 6.06. The molecule has 0 saturated carbocycles. The molecule has 0 fully saturated rings. The molecule has 0 amide bonds. The van der Waals surface area contributed by atoms with Gasteiger partial charge in [0.05, 0.1) is 12.8 Å². The Kier molecular flexibility index (Phi) is 6.01. The van der Waals surface area contributed by atoms with E-state index in [0.717, 1.165) is 6.20 Å². The van der Waals surface area contributed by atoms with Gasteiger partial charge in [0.1, 0.15) is 11.9 Å². The van der Waals surface area contributed by atoms with Crippen molar-refractivity contribution in [2.45, 2.75) is 39.5 Å². The molecule has 1 atom stereocenters. The molecule has 1 heterocycles. The van der Waals surface area contributed by atoms with Crippen molar-refractivity contribution in [1.82, 2.24) is 10.3 Å². The first-order chi connectivity index (χ1) is 8.52. The van der Waals surface area contributed by atoms with Crippen LogP contribution in [0.25, 0.3) is 0 Å². The van der Waals surface area contributed by atoms with Gasteiger partial charge in [-0.05, 0) is 13.0 Å². The number of nitrogens with one attached hydrogen (secondary N) is 1. The Morgan fingerprint density at radius 2 is 2.11 bits per heavy atom. The maximum atomic E-state index is 13.2. The predicted octanol–water partition coefficient (Wildman–Crippen LogP) is 2.13. The molecule has 1 unspecified atom stereocenters. The minimum absolute atomic E-state index is 0.120. The highest BCUT2D eigenvalue weighted by Crippen LogP contribution is 2.17. The fourth-order valence-corrected chi connectivity index (χ4v) is 1.47. The summed E-state index contributed by atoms with van der Waals surface area (Å²) in [6.07, 6.45) is 1.04. The fraction of sp³-hybridized carbons (Fsp3) is 0.615. The smallest absolute Gasteiger partial charge is 0.218 e. The van der Waals surface area contributed by atoms with Gasteiger partial charge < -0.3 is 14.8 Å². The van der Waals surface area contributed by atoms with Crippen LogP contribution in [0.15, 0.2) is 12.3 Å². The van der Waals surface area contributed by atoms with Crippen molar-refractivity contribution < 1.29 is 13.9 Å². The standard InChI is InChI=1S/C13H21FN2O2/c1-9(2)15-6-11-5-12(14)7-16-13(11)18-10(3)8-17-4/h5,7,9-10,15H,6,8H2,1-4H3. The molecule has 1 aromatic rings. The predicted molar refractivity (Wildman–Crippen MR) is 68.1 cm³/mol. The van der Waals surface area contributed by atoms with Gasteiger partial charge in [-0.25, -0.2) is 9.37 Å². The lowest BCUT2D eigenvalue weighted by atomic mass is 10.2. The minimum Gasteiger partial charge on any atom is -0.472 e. The molecule has 18 heavy (non-hydrogen) atoms. The molecular weight excluding hydrogens is 235 g/mol. The molecule has 0 aliphatic carbocycles. The lowest BCUT2D eigenvalue weighted by Gasteiger charge is -2.16. The Bertz CT molecular complexity index is 372. The summed E-state index contributed by atoms with van der Waals surface area (Å²) >= 11 is 0. The minimum atomic E-state index is -0.359. The Balaban J connectivity index is 2.75. The Morgan fingerprint density at radius 3 is 2.72 bits per heavy atom. The molecule has 1 aromatic heterocycles. The molecule has 4 nitrogen and oxygen atoms in total. The van der Waals surface area contributed by atoms with Crippen molar-refractivity contribution in [3.63, 3.8) is 0 Å². The number of aromatic nitrogens is 1. The summed E-state index contributed by atoms with van der Waals surface area (Å²) in [5, 5.41) is 3.22. The fourth-order valence-electron chi connectivity index (χ4n) is 1.47. The van der Waals surface area contributed by atoms with Gasteiger partial charge in [0, 0.05) is 25.3 Å². The highest BCUT2D eigenvalue weighted by Gasteiger charge is 2.11. The summed E-state index contributed by atoms with van der Waals surface area (Å²) in [5.74, 6) is 0.0939. The van der Waals surface area contributed by atoms with Crippen LogP contribution in [0.5, 0.6) is 5.88 Å². The van der Waals surface area contributed by atoms with Crippen LogP contribution >= 0.6 is 0 Å². The third kappa shape index (κ3) is 4.98. The van der Waals surface area contributed by atoms with E-state index in [1.807, 2.05) is 20.8 Å². The van der Waals surface area contributed by atoms with E-state index in [-0.39, 0.29) is 11.9 Å². The van der Waals surface area contributed by atoms with Gasteiger partial charge in [-0.2, -0.15) is 0 Å². The van der Waals surface area contributed by atoms with Crippen LogP contribution in [0.3, 0.4) is 0 Å². The third-order valence-electron chi connectivity index (χ3n) is 2.31. The number of halogens is 1. The topological polar surface area (TPSA) is 43.4 Å². The zero-order valence-corrected chi connectivity index (χ0v) is 11.4. The summed E-state index contributed by atoms with van der Waals surface area (Å²) < 4.78 is 23.8. The van der Waals surface area contributed by atoms with Gasteiger partial charge in [0.25, 0.3) is 0 Å². The molecule has 0 spiro atoms. The van der Waals surface area contributed by atoms with E-state index in [0.29, 0.717) is 30.6 Å². The first kappa shape index (κ1) is 14.9. The van der Waals surface area contributed by atoms with Crippen LogP contribution in [0.2, 0.25) is 0 Å². The molecule has 102 valence electrons. The van der Waals surface area contributed by atoms with E-state index < -0.39 is 0 Å². The molecule has 1 rings (SSSR count). The van der Waals surface area contributed by atoms with Crippen LogP contribution in [0.1, 0.15) is 26.3 Å². The third-order valence-corrected chi connectivity index (χ3v) is 2.31. The lowest BCUT2D eigenvalue weighted by Crippen LogP contribution is -2.24. The number of methoxy groups -OCH3 is 1. The van der Waals surface area contributed by atoms with Crippen LogP contribution in [0.4, 0.5) is 4.39 Å². The quantitative estimate of drug-likeness (QED) is 0.811. The van der Waals surface area contributed by atoms with E-state index in [2.05, 4.69) is 10.3 Å². The summed E-state index contributed by atoms with van der Waals surface area (Å²) in [7, 11) is 1.61. The molecule has 0 saturated heterocycles. The lowest BCUT2D eigenvalue weighted by molar-refractivity contribution is 0.0880. The van der Waals surface area contributed by atoms with Crippen molar-refractivity contribution >= 4 is 0 Å². The number of rotatable bonds is 7. The largest absolute Gasteiger partial charge is 0.472 e. The van der Waals surface area contributed by atoms with E-state index in [1.54, 1.807) is 7.11 Å². The zero-order chi connectivity index (χ0) is 13.5. The Labute approximate surface area is 108 Å². The van der Waals surface area contributed by atoms with Crippen LogP contribution in [0, 0.1) is 5.82 Å². The molecule has 5 heteroatoms. The highest BCUT2D eigenvalue weighted by atomic mass is 19.1. The van der Waals surface area contributed by atoms with Gasteiger partial charge in [-0.3, -0.25) is 0 Å². The average Bonchev–Trinajstić information content (AvgIpc) is 2.29. The van der Waals surface area contributed by atoms with Crippen molar-refractivity contribution in [3.8, 4) is 5.88 Å². The molecule has 0 bridgehead atoms. The second kappa shape index (κ2) is 7.28. The maximum absolute atomic E-state index is 13.2. The van der Waals surface area contributed by atoms with Gasteiger partial charge in [-0.1, -0.05) is 13.8 Å². The van der Waals surface area contributed by atoms with E-state index in [4.69, 9.17) is 9.47 Å². The van der Waals surface area contributed by atoms with Crippen LogP contribution in [-0.2, 0) is 11.3 Å². The second-order valence-corrected chi connectivity index (χ2v) is 4.54. The average molecular weight is 256 g/mol. The van der Waals surface area contributed by atoms with Crippen molar-refractivity contribution in [1.29, 1.82) is 0 Å². The summed E-state index contributed by atoms with van der Waals surface area (Å²) in [6, 6.07) is 1.76. The molecule has 0 aliphatic heterocycles. The van der Waals surface area contributed by atoms with Gasteiger partial charge in [0.2, 0.25) is 5.88 Å². The van der Waals surface area contributed by atoms with E-state index >= 15 is 0 Å². The monoisotopic (exact) mass is 256 g/mol. The normalized spacial score (nSPS) is 12.8. The number of hydrogen-bond donors (Lipinski definition) is 1. The molecule has 0 aliphatic rings. The number of pyridine rings is 1. The molecule has 1 N–H and O–H groups in total.